The van der Waals surface area contributed by atoms with Gasteiger partial charge in [-0.1, -0.05) is 25.8 Å². The second-order valence-corrected chi connectivity index (χ2v) is 7.52. The highest BCUT2D eigenvalue weighted by Crippen LogP contribution is 2.42. The fourth-order valence-electron chi connectivity index (χ4n) is 4.40. The summed E-state index contributed by atoms with van der Waals surface area (Å²) in [7, 11) is 0. The molecule has 0 aromatic carbocycles. The van der Waals surface area contributed by atoms with Crippen LogP contribution in [0.1, 0.15) is 65.2 Å². The van der Waals surface area contributed by atoms with Gasteiger partial charge in [0.05, 0.1) is 12.9 Å². The molecule has 0 radical (unpaired) electrons. The van der Waals surface area contributed by atoms with Crippen molar-refractivity contribution in [1.82, 2.24) is 0 Å². The van der Waals surface area contributed by atoms with Crippen molar-refractivity contribution in [3.63, 3.8) is 0 Å². The maximum Gasteiger partial charge on any atom is 0.147 e. The first kappa shape index (κ1) is 19.2. The Morgan fingerprint density at radius 1 is 0.875 bits per heavy atom. The van der Waals surface area contributed by atoms with Gasteiger partial charge in [0.1, 0.15) is 12.1 Å². The first-order valence-corrected chi connectivity index (χ1v) is 9.59. The number of hydrogen-bond acceptors (Lipinski definition) is 1. The molecule has 0 aromatic rings. The first-order chi connectivity index (χ1) is 11.7. The Kier molecular flexibility index (Phi) is 8.01. The van der Waals surface area contributed by atoms with Crippen LogP contribution in [0.15, 0.2) is 36.1 Å². The number of halogens is 2. The SMILES string of the molecule is CCOC(/C=C\C(=C\F)C1CCC(C2CCC(C)CC2)CC1)=C\F. The standard InChI is InChI=1S/C21H32F2O/c1-3-24-21(15-23)13-12-20(14-22)19-10-8-18(9-11-19)17-6-4-16(2)5-7-17/h12-19H,3-11H2,1-2H3/b13-12-,20-14-,21-15-. The molecular weight excluding hydrogens is 306 g/mol. The monoisotopic (exact) mass is 338 g/mol. The molecule has 0 spiro atoms. The van der Waals surface area contributed by atoms with Crippen LogP contribution in [0.4, 0.5) is 8.78 Å². The minimum absolute atomic E-state index is 0.155. The molecule has 2 fully saturated rings. The molecule has 24 heavy (non-hydrogen) atoms. The molecule has 0 amide bonds. The first-order valence-electron chi connectivity index (χ1n) is 9.59. The van der Waals surface area contributed by atoms with E-state index in [1.54, 1.807) is 13.0 Å². The number of ether oxygens (including phenoxy) is 1. The van der Waals surface area contributed by atoms with E-state index in [0.717, 1.165) is 30.6 Å². The van der Waals surface area contributed by atoms with E-state index in [0.29, 0.717) is 24.8 Å². The fraction of sp³-hybridized carbons (Fsp3) is 0.714. The van der Waals surface area contributed by atoms with E-state index >= 15 is 0 Å². The molecule has 2 saturated carbocycles. The van der Waals surface area contributed by atoms with E-state index in [9.17, 15) is 8.78 Å². The largest absolute Gasteiger partial charge is 0.491 e. The summed E-state index contributed by atoms with van der Waals surface area (Å²) < 4.78 is 31.1. The lowest BCUT2D eigenvalue weighted by Crippen LogP contribution is -2.25. The van der Waals surface area contributed by atoms with Gasteiger partial charge in [-0.05, 0) is 80.8 Å². The quantitative estimate of drug-likeness (QED) is 0.379. The topological polar surface area (TPSA) is 9.23 Å². The highest BCUT2D eigenvalue weighted by molar-refractivity contribution is 5.25. The van der Waals surface area contributed by atoms with Gasteiger partial charge in [0.25, 0.3) is 0 Å². The van der Waals surface area contributed by atoms with Crippen molar-refractivity contribution in [1.29, 1.82) is 0 Å². The van der Waals surface area contributed by atoms with Gasteiger partial charge in [0.2, 0.25) is 0 Å². The van der Waals surface area contributed by atoms with Crippen molar-refractivity contribution in [3.05, 3.63) is 36.1 Å². The van der Waals surface area contributed by atoms with Gasteiger partial charge in [0.15, 0.2) is 0 Å². The average molecular weight is 338 g/mol. The van der Waals surface area contributed by atoms with Crippen molar-refractivity contribution in [2.24, 2.45) is 23.7 Å². The molecular formula is C21H32F2O. The van der Waals surface area contributed by atoms with Crippen molar-refractivity contribution in [2.45, 2.75) is 65.2 Å². The van der Waals surface area contributed by atoms with Gasteiger partial charge in [0, 0.05) is 0 Å². The summed E-state index contributed by atoms with van der Waals surface area (Å²) in [6, 6.07) is 0. The lowest BCUT2D eigenvalue weighted by Gasteiger charge is -2.37. The molecule has 0 aliphatic heterocycles. The van der Waals surface area contributed by atoms with Crippen LogP contribution in [-0.2, 0) is 4.74 Å². The van der Waals surface area contributed by atoms with Crippen molar-refractivity contribution in [3.8, 4) is 0 Å². The summed E-state index contributed by atoms with van der Waals surface area (Å²) in [5.74, 6) is 3.01. The molecule has 3 heteroatoms. The Hall–Kier alpha value is -1.12. The molecule has 0 heterocycles. The van der Waals surface area contributed by atoms with Crippen LogP contribution in [0, 0.1) is 23.7 Å². The Bertz CT molecular complexity index is 450. The van der Waals surface area contributed by atoms with E-state index in [1.807, 2.05) is 0 Å². The molecule has 0 bridgehead atoms. The van der Waals surface area contributed by atoms with Gasteiger partial charge in [-0.3, -0.25) is 0 Å². The van der Waals surface area contributed by atoms with Gasteiger partial charge in [-0.15, -0.1) is 0 Å². The molecule has 0 aromatic heterocycles. The predicted octanol–water partition coefficient (Wildman–Crippen LogP) is 6.88. The Balaban J connectivity index is 1.84. The second kappa shape index (κ2) is 10.0. The third kappa shape index (κ3) is 5.46. The van der Waals surface area contributed by atoms with E-state index in [1.165, 1.54) is 44.6 Å². The van der Waals surface area contributed by atoms with Crippen molar-refractivity contribution >= 4 is 0 Å². The van der Waals surface area contributed by atoms with Crippen LogP contribution in [0.5, 0.6) is 0 Å². The number of rotatable bonds is 6. The van der Waals surface area contributed by atoms with Gasteiger partial charge < -0.3 is 4.74 Å². The minimum atomic E-state index is 0.155. The number of hydrogen-bond donors (Lipinski definition) is 0. The van der Waals surface area contributed by atoms with Crippen molar-refractivity contribution in [2.75, 3.05) is 6.61 Å². The zero-order valence-electron chi connectivity index (χ0n) is 15.1. The lowest BCUT2D eigenvalue weighted by molar-refractivity contribution is 0.158. The lowest BCUT2D eigenvalue weighted by atomic mass is 9.68. The molecule has 0 saturated heterocycles. The molecule has 1 nitrogen and oxygen atoms in total. The summed E-state index contributed by atoms with van der Waals surface area (Å²) in [6.07, 6.45) is 14.3. The summed E-state index contributed by atoms with van der Waals surface area (Å²) in [4.78, 5) is 0. The van der Waals surface area contributed by atoms with E-state index < -0.39 is 0 Å². The average Bonchev–Trinajstić information content (AvgIpc) is 2.62. The van der Waals surface area contributed by atoms with Crippen LogP contribution in [0.3, 0.4) is 0 Å². The molecule has 0 atom stereocenters. The van der Waals surface area contributed by atoms with Crippen LogP contribution in [0.2, 0.25) is 0 Å². The molecule has 2 aliphatic carbocycles. The van der Waals surface area contributed by atoms with Gasteiger partial charge in [-0.25, -0.2) is 8.78 Å². The Labute approximate surface area is 145 Å². The van der Waals surface area contributed by atoms with Crippen molar-refractivity contribution < 1.29 is 13.5 Å². The zero-order chi connectivity index (χ0) is 17.4. The third-order valence-corrected chi connectivity index (χ3v) is 5.96. The second-order valence-electron chi connectivity index (χ2n) is 7.52. The smallest absolute Gasteiger partial charge is 0.147 e. The van der Waals surface area contributed by atoms with E-state index in [2.05, 4.69) is 6.92 Å². The zero-order valence-corrected chi connectivity index (χ0v) is 15.1. The molecule has 2 rings (SSSR count). The summed E-state index contributed by atoms with van der Waals surface area (Å²) >= 11 is 0. The van der Waals surface area contributed by atoms with Crippen LogP contribution in [-0.4, -0.2) is 6.61 Å². The highest BCUT2D eigenvalue weighted by Gasteiger charge is 2.30. The number of allylic oxidation sites excluding steroid dienone is 3. The van der Waals surface area contributed by atoms with E-state index in [-0.39, 0.29) is 11.7 Å². The third-order valence-electron chi connectivity index (χ3n) is 5.96. The predicted molar refractivity (Wildman–Crippen MR) is 95.7 cm³/mol. The molecule has 0 unspecified atom stereocenters. The maximum atomic E-state index is 13.3. The molecule has 0 N–H and O–H groups in total. The minimum Gasteiger partial charge on any atom is -0.491 e. The summed E-state index contributed by atoms with van der Waals surface area (Å²) in [6.45, 7) is 4.57. The Morgan fingerprint density at radius 3 is 1.96 bits per heavy atom. The van der Waals surface area contributed by atoms with Crippen LogP contribution >= 0.6 is 0 Å². The summed E-state index contributed by atoms with van der Waals surface area (Å²) in [5, 5.41) is 0. The normalized spacial score (nSPS) is 33.0. The highest BCUT2D eigenvalue weighted by atomic mass is 19.1. The van der Waals surface area contributed by atoms with Gasteiger partial charge >= 0.3 is 0 Å². The van der Waals surface area contributed by atoms with Crippen LogP contribution in [0.25, 0.3) is 0 Å². The van der Waals surface area contributed by atoms with Crippen LogP contribution < -0.4 is 0 Å². The molecule has 2 aliphatic rings. The Morgan fingerprint density at radius 2 is 1.46 bits per heavy atom. The van der Waals surface area contributed by atoms with Gasteiger partial charge in [-0.2, -0.15) is 0 Å². The maximum absolute atomic E-state index is 13.3. The van der Waals surface area contributed by atoms with E-state index in [4.69, 9.17) is 4.74 Å². The molecule has 136 valence electrons. The summed E-state index contributed by atoms with van der Waals surface area (Å²) in [5.41, 5.74) is 0.671. The fourth-order valence-corrected chi connectivity index (χ4v) is 4.40.